The van der Waals surface area contributed by atoms with Crippen molar-refractivity contribution < 1.29 is 9.53 Å². The number of aromatic amines is 1. The lowest BCUT2D eigenvalue weighted by molar-refractivity contribution is -0.121. The fourth-order valence-electron chi connectivity index (χ4n) is 2.95. The van der Waals surface area contributed by atoms with Gasteiger partial charge in [-0.3, -0.25) is 9.59 Å². The highest BCUT2D eigenvalue weighted by molar-refractivity contribution is 6.32. The van der Waals surface area contributed by atoms with Gasteiger partial charge in [-0.1, -0.05) is 17.7 Å². The zero-order valence-electron chi connectivity index (χ0n) is 13.3. The highest BCUT2D eigenvalue weighted by Gasteiger charge is 2.21. The van der Waals surface area contributed by atoms with Crippen LogP contribution in [0.1, 0.15) is 23.2 Å². The molecule has 1 atom stereocenters. The van der Waals surface area contributed by atoms with Crippen molar-refractivity contribution in [1.29, 1.82) is 0 Å². The summed E-state index contributed by atoms with van der Waals surface area (Å²) in [4.78, 5) is 23.6. The molecule has 0 fully saturated rings. The van der Waals surface area contributed by atoms with Crippen LogP contribution >= 0.6 is 11.6 Å². The second kappa shape index (κ2) is 7.05. The summed E-state index contributed by atoms with van der Waals surface area (Å²) in [5.74, 6) is 0.518. The largest absolute Gasteiger partial charge is 0.495 e. The van der Waals surface area contributed by atoms with Crippen LogP contribution in [-0.2, 0) is 24.1 Å². The Morgan fingerprint density at radius 1 is 1.46 bits per heavy atom. The van der Waals surface area contributed by atoms with Crippen molar-refractivity contribution >= 4 is 17.5 Å². The Labute approximate surface area is 144 Å². The average molecular weight is 348 g/mol. The number of aryl methyl sites for hydroxylation is 1. The molecule has 0 saturated heterocycles. The predicted octanol–water partition coefficient (Wildman–Crippen LogP) is 1.65. The molecular weight excluding hydrogens is 330 g/mol. The number of carbonyl (C=O) groups excluding carboxylic acids is 1. The van der Waals surface area contributed by atoms with E-state index in [1.807, 2.05) is 6.07 Å². The van der Waals surface area contributed by atoms with Crippen LogP contribution in [0.15, 0.2) is 29.1 Å². The van der Waals surface area contributed by atoms with Gasteiger partial charge >= 0.3 is 0 Å². The first-order chi connectivity index (χ1) is 11.5. The maximum Gasteiger partial charge on any atom is 0.264 e. The van der Waals surface area contributed by atoms with Crippen LogP contribution in [-0.4, -0.2) is 29.3 Å². The number of rotatable bonds is 4. The number of fused-ring (bicyclic) bond motifs is 1. The number of hydrogen-bond acceptors (Lipinski definition) is 4. The molecule has 0 saturated carbocycles. The standard InChI is InChI=1S/C17H18ClN3O3/c1-24-15-5-2-10(6-13(15)18)7-16(22)19-12-3-4-14-11(8-12)9-17(23)21-20-14/h2,5-6,9,12H,3-4,7-8H2,1H3,(H,19,22)(H,21,23). The second-order valence-corrected chi connectivity index (χ2v) is 6.26. The molecule has 1 aliphatic carbocycles. The molecule has 24 heavy (non-hydrogen) atoms. The van der Waals surface area contributed by atoms with E-state index in [9.17, 15) is 9.59 Å². The van der Waals surface area contributed by atoms with Crippen molar-refractivity contribution in [1.82, 2.24) is 15.5 Å². The summed E-state index contributed by atoms with van der Waals surface area (Å²) < 4.78 is 5.10. The number of methoxy groups -OCH3 is 1. The number of nitrogens with one attached hydrogen (secondary N) is 2. The smallest absolute Gasteiger partial charge is 0.264 e. The summed E-state index contributed by atoms with van der Waals surface area (Å²) in [7, 11) is 1.55. The first kappa shape index (κ1) is 16.5. The Balaban J connectivity index is 1.61. The molecule has 0 bridgehead atoms. The van der Waals surface area contributed by atoms with Gasteiger partial charge in [0, 0.05) is 12.1 Å². The van der Waals surface area contributed by atoms with E-state index in [0.29, 0.717) is 17.2 Å². The zero-order valence-corrected chi connectivity index (χ0v) is 14.0. The number of carbonyl (C=O) groups is 1. The molecule has 1 aliphatic rings. The minimum atomic E-state index is -0.214. The maximum atomic E-state index is 12.3. The van der Waals surface area contributed by atoms with Gasteiger partial charge < -0.3 is 10.1 Å². The van der Waals surface area contributed by atoms with E-state index in [0.717, 1.165) is 29.7 Å². The average Bonchev–Trinajstić information content (AvgIpc) is 2.54. The number of hydrogen-bond donors (Lipinski definition) is 2. The number of amides is 1. The summed E-state index contributed by atoms with van der Waals surface area (Å²) in [6.07, 6.45) is 2.43. The summed E-state index contributed by atoms with van der Waals surface area (Å²) in [6, 6.07) is 6.88. The summed E-state index contributed by atoms with van der Waals surface area (Å²) in [6.45, 7) is 0. The molecule has 1 unspecified atom stereocenters. The Bertz CT molecular complexity index is 819. The Kier molecular flexibility index (Phi) is 4.85. The lowest BCUT2D eigenvalue weighted by atomic mass is 9.92. The molecule has 7 heteroatoms. The van der Waals surface area contributed by atoms with Crippen molar-refractivity contribution in [3.8, 4) is 5.75 Å². The third-order valence-electron chi connectivity index (χ3n) is 4.12. The molecule has 3 rings (SSSR count). The van der Waals surface area contributed by atoms with Crippen LogP contribution in [0.2, 0.25) is 5.02 Å². The molecule has 0 radical (unpaired) electrons. The predicted molar refractivity (Wildman–Crippen MR) is 90.5 cm³/mol. The van der Waals surface area contributed by atoms with E-state index in [4.69, 9.17) is 16.3 Å². The minimum Gasteiger partial charge on any atom is -0.495 e. The molecule has 126 valence electrons. The van der Waals surface area contributed by atoms with E-state index in [-0.39, 0.29) is 23.9 Å². The lowest BCUT2D eigenvalue weighted by Crippen LogP contribution is -2.40. The quantitative estimate of drug-likeness (QED) is 0.880. The SMILES string of the molecule is COc1ccc(CC(=O)NC2CCc3n[nH]c(=O)cc3C2)cc1Cl. The van der Waals surface area contributed by atoms with E-state index in [1.54, 1.807) is 25.3 Å². The van der Waals surface area contributed by atoms with E-state index in [2.05, 4.69) is 15.5 Å². The molecule has 1 aromatic heterocycles. The number of ether oxygens (including phenoxy) is 1. The molecule has 0 aliphatic heterocycles. The van der Waals surface area contributed by atoms with Gasteiger partial charge in [0.15, 0.2) is 0 Å². The van der Waals surface area contributed by atoms with E-state index >= 15 is 0 Å². The van der Waals surface area contributed by atoms with Crippen LogP contribution in [0.5, 0.6) is 5.75 Å². The molecule has 1 heterocycles. The Hall–Kier alpha value is -2.34. The summed E-state index contributed by atoms with van der Waals surface area (Å²) in [5, 5.41) is 10.0. The van der Waals surface area contributed by atoms with Crippen molar-refractivity contribution in [2.75, 3.05) is 7.11 Å². The van der Waals surface area contributed by atoms with Gasteiger partial charge in [0.2, 0.25) is 5.91 Å². The van der Waals surface area contributed by atoms with Crippen molar-refractivity contribution in [2.45, 2.75) is 31.7 Å². The molecule has 2 aromatic rings. The lowest BCUT2D eigenvalue weighted by Gasteiger charge is -2.24. The van der Waals surface area contributed by atoms with Gasteiger partial charge in [0.25, 0.3) is 5.56 Å². The van der Waals surface area contributed by atoms with E-state index in [1.165, 1.54) is 0 Å². The van der Waals surface area contributed by atoms with Gasteiger partial charge in [-0.2, -0.15) is 5.10 Å². The van der Waals surface area contributed by atoms with Crippen LogP contribution in [0.3, 0.4) is 0 Å². The van der Waals surface area contributed by atoms with E-state index < -0.39 is 0 Å². The van der Waals surface area contributed by atoms with Gasteiger partial charge in [-0.05, 0) is 42.5 Å². The highest BCUT2D eigenvalue weighted by Crippen LogP contribution is 2.25. The Morgan fingerprint density at radius 2 is 2.29 bits per heavy atom. The first-order valence-electron chi connectivity index (χ1n) is 7.74. The third kappa shape index (κ3) is 3.76. The normalized spacial score (nSPS) is 16.3. The molecule has 0 spiro atoms. The number of H-pyrrole nitrogens is 1. The van der Waals surface area contributed by atoms with Crippen LogP contribution in [0.4, 0.5) is 0 Å². The maximum absolute atomic E-state index is 12.3. The molecule has 1 aromatic carbocycles. The first-order valence-corrected chi connectivity index (χ1v) is 8.12. The highest BCUT2D eigenvalue weighted by atomic mass is 35.5. The van der Waals surface area contributed by atoms with Crippen molar-refractivity contribution in [3.05, 3.63) is 56.5 Å². The second-order valence-electron chi connectivity index (χ2n) is 5.86. The van der Waals surface area contributed by atoms with Crippen LogP contribution < -0.4 is 15.6 Å². The number of benzene rings is 1. The summed E-state index contributed by atoms with van der Waals surface area (Å²) >= 11 is 6.08. The van der Waals surface area contributed by atoms with Crippen molar-refractivity contribution in [2.24, 2.45) is 0 Å². The monoisotopic (exact) mass is 347 g/mol. The minimum absolute atomic E-state index is 0.0160. The zero-order chi connectivity index (χ0) is 17.1. The van der Waals surface area contributed by atoms with Gasteiger partial charge in [0.1, 0.15) is 5.75 Å². The fourth-order valence-corrected chi connectivity index (χ4v) is 3.23. The number of nitrogens with zero attached hydrogens (tertiary/aromatic N) is 1. The summed E-state index contributed by atoms with van der Waals surface area (Å²) in [5.41, 5.74) is 2.42. The van der Waals surface area contributed by atoms with Gasteiger partial charge in [-0.25, -0.2) is 5.10 Å². The molecule has 1 amide bonds. The number of halogens is 1. The number of aromatic nitrogens is 2. The van der Waals surface area contributed by atoms with Gasteiger partial charge in [0.05, 0.1) is 24.2 Å². The molecule has 6 nitrogen and oxygen atoms in total. The topological polar surface area (TPSA) is 84.1 Å². The van der Waals surface area contributed by atoms with Gasteiger partial charge in [-0.15, -0.1) is 0 Å². The van der Waals surface area contributed by atoms with Crippen molar-refractivity contribution in [3.63, 3.8) is 0 Å². The van der Waals surface area contributed by atoms with Crippen LogP contribution in [0.25, 0.3) is 0 Å². The molecular formula is C17H18ClN3O3. The third-order valence-corrected chi connectivity index (χ3v) is 4.41. The van der Waals surface area contributed by atoms with Crippen LogP contribution in [0, 0.1) is 0 Å². The Morgan fingerprint density at radius 3 is 3.04 bits per heavy atom. The molecule has 2 N–H and O–H groups in total. The fraction of sp³-hybridized carbons (Fsp3) is 0.353.